The van der Waals surface area contributed by atoms with Crippen molar-refractivity contribution in [1.82, 2.24) is 14.8 Å². The first-order chi connectivity index (χ1) is 14.9. The lowest BCUT2D eigenvalue weighted by molar-refractivity contribution is -0.118. The molecular weight excluding hydrogens is 395 g/mol. The van der Waals surface area contributed by atoms with Crippen LogP contribution in [0.1, 0.15) is 23.7 Å². The smallest absolute Gasteiger partial charge is 0.262 e. The molecule has 0 radical (unpaired) electrons. The first kappa shape index (κ1) is 20.5. The molecule has 4 aromatic rings. The minimum absolute atomic E-state index is 0.240. The highest BCUT2D eigenvalue weighted by Crippen LogP contribution is 2.27. The van der Waals surface area contributed by atoms with Crippen LogP contribution in [0.4, 0.5) is 10.1 Å². The number of hydrogen-bond acceptors (Lipinski definition) is 4. The van der Waals surface area contributed by atoms with E-state index in [9.17, 15) is 9.18 Å². The number of hydrogen-bond donors (Lipinski definition) is 1. The Morgan fingerprint density at radius 1 is 1.13 bits per heavy atom. The molecule has 1 N–H and O–H groups in total. The second-order valence-electron chi connectivity index (χ2n) is 7.35. The van der Waals surface area contributed by atoms with Crippen LogP contribution < -0.4 is 10.1 Å². The molecule has 2 aromatic carbocycles. The van der Waals surface area contributed by atoms with Gasteiger partial charge >= 0.3 is 0 Å². The molecule has 2 heterocycles. The molecular formula is C24H23FN4O2. The Morgan fingerprint density at radius 3 is 2.61 bits per heavy atom. The number of halogens is 1. The summed E-state index contributed by atoms with van der Waals surface area (Å²) in [6.07, 6.45) is 0.769. The third-order valence-electron chi connectivity index (χ3n) is 4.99. The number of amides is 1. The molecule has 7 heteroatoms. The van der Waals surface area contributed by atoms with Crippen molar-refractivity contribution in [2.75, 3.05) is 11.9 Å². The summed E-state index contributed by atoms with van der Waals surface area (Å²) in [7, 11) is 0. The van der Waals surface area contributed by atoms with Crippen LogP contribution in [0.2, 0.25) is 0 Å². The molecule has 158 valence electrons. The largest absolute Gasteiger partial charge is 0.467 e. The van der Waals surface area contributed by atoms with Crippen LogP contribution in [0.3, 0.4) is 0 Å². The molecule has 0 saturated carbocycles. The summed E-state index contributed by atoms with van der Waals surface area (Å²) in [6, 6.07) is 15.6. The summed E-state index contributed by atoms with van der Waals surface area (Å²) in [5, 5.41) is 8.28. The van der Waals surface area contributed by atoms with E-state index in [2.05, 4.69) is 22.3 Å². The van der Waals surface area contributed by atoms with E-state index < -0.39 is 11.7 Å². The molecule has 6 nitrogen and oxygen atoms in total. The van der Waals surface area contributed by atoms with Crippen molar-refractivity contribution >= 4 is 22.6 Å². The Kier molecular flexibility index (Phi) is 5.66. The van der Waals surface area contributed by atoms with Crippen molar-refractivity contribution in [2.45, 2.75) is 27.2 Å². The van der Waals surface area contributed by atoms with E-state index in [0.29, 0.717) is 17.2 Å². The highest BCUT2D eigenvalue weighted by molar-refractivity contribution is 5.92. The van der Waals surface area contributed by atoms with Crippen LogP contribution in [0.15, 0.2) is 54.6 Å². The molecule has 0 bridgehead atoms. The molecule has 0 unspecified atom stereocenters. The minimum atomic E-state index is -0.418. The van der Waals surface area contributed by atoms with Gasteiger partial charge in [0.1, 0.15) is 5.82 Å². The summed E-state index contributed by atoms with van der Waals surface area (Å²) in [5.74, 6) is -0.473. The minimum Gasteiger partial charge on any atom is -0.467 e. The maximum Gasteiger partial charge on any atom is 0.262 e. The number of nitrogens with one attached hydrogen (secondary N) is 1. The van der Waals surface area contributed by atoms with Crippen LogP contribution in [0.25, 0.3) is 16.7 Å². The van der Waals surface area contributed by atoms with Crippen LogP contribution in [-0.2, 0) is 11.2 Å². The van der Waals surface area contributed by atoms with Gasteiger partial charge in [-0.2, -0.15) is 10.1 Å². The average Bonchev–Trinajstić information content (AvgIpc) is 3.09. The molecule has 0 atom stereocenters. The van der Waals surface area contributed by atoms with Crippen molar-refractivity contribution in [2.24, 2.45) is 0 Å². The summed E-state index contributed by atoms with van der Waals surface area (Å²) in [6.45, 7) is 5.80. The van der Waals surface area contributed by atoms with E-state index in [0.717, 1.165) is 34.3 Å². The average molecular weight is 418 g/mol. The number of benzene rings is 2. The fourth-order valence-electron chi connectivity index (χ4n) is 3.47. The second kappa shape index (κ2) is 8.55. The highest BCUT2D eigenvalue weighted by atomic mass is 19.1. The normalized spacial score (nSPS) is 11.0. The predicted octanol–water partition coefficient (Wildman–Crippen LogP) is 4.76. The van der Waals surface area contributed by atoms with Crippen molar-refractivity contribution in [1.29, 1.82) is 0 Å². The van der Waals surface area contributed by atoms with Gasteiger partial charge in [-0.05, 0) is 56.2 Å². The zero-order chi connectivity index (χ0) is 22.0. The number of aryl methyl sites for hydroxylation is 3. The van der Waals surface area contributed by atoms with Gasteiger partial charge in [-0.3, -0.25) is 4.79 Å². The van der Waals surface area contributed by atoms with Crippen molar-refractivity contribution in [3.63, 3.8) is 0 Å². The highest BCUT2D eigenvalue weighted by Gasteiger charge is 2.16. The van der Waals surface area contributed by atoms with Crippen molar-refractivity contribution in [3.05, 3.63) is 77.2 Å². The number of pyridine rings is 1. The van der Waals surface area contributed by atoms with E-state index in [1.165, 1.54) is 18.2 Å². The Morgan fingerprint density at radius 2 is 1.90 bits per heavy atom. The van der Waals surface area contributed by atoms with Gasteiger partial charge in [-0.15, -0.1) is 0 Å². The monoisotopic (exact) mass is 418 g/mol. The molecule has 0 fully saturated rings. The molecule has 0 saturated heterocycles. The lowest BCUT2D eigenvalue weighted by atomic mass is 10.1. The Bertz CT molecular complexity index is 1250. The molecule has 0 spiro atoms. The first-order valence-corrected chi connectivity index (χ1v) is 10.1. The van der Waals surface area contributed by atoms with E-state index in [1.54, 1.807) is 10.7 Å². The van der Waals surface area contributed by atoms with Gasteiger partial charge in [0.2, 0.25) is 5.88 Å². The number of fused-ring (bicyclic) bond motifs is 1. The fourth-order valence-corrected chi connectivity index (χ4v) is 3.47. The summed E-state index contributed by atoms with van der Waals surface area (Å²) in [5.41, 5.74) is 5.05. The second-order valence-corrected chi connectivity index (χ2v) is 7.35. The third-order valence-corrected chi connectivity index (χ3v) is 4.99. The molecule has 4 rings (SSSR count). The molecule has 2 aromatic heterocycles. The van der Waals surface area contributed by atoms with Crippen LogP contribution in [0.5, 0.6) is 5.88 Å². The predicted molar refractivity (Wildman–Crippen MR) is 118 cm³/mol. The van der Waals surface area contributed by atoms with Crippen LogP contribution in [-0.4, -0.2) is 27.3 Å². The van der Waals surface area contributed by atoms with Crippen molar-refractivity contribution in [3.8, 4) is 11.6 Å². The van der Waals surface area contributed by atoms with Gasteiger partial charge in [0, 0.05) is 17.1 Å². The van der Waals surface area contributed by atoms with E-state index in [1.807, 2.05) is 44.2 Å². The van der Waals surface area contributed by atoms with Gasteiger partial charge in [-0.25, -0.2) is 9.07 Å². The van der Waals surface area contributed by atoms with Crippen LogP contribution >= 0.6 is 0 Å². The maximum absolute atomic E-state index is 13.3. The zero-order valence-electron chi connectivity index (χ0n) is 17.6. The number of carbonyl (C=O) groups is 1. The van der Waals surface area contributed by atoms with Gasteiger partial charge in [0.25, 0.3) is 5.91 Å². The zero-order valence-corrected chi connectivity index (χ0v) is 17.6. The Labute approximate surface area is 179 Å². The first-order valence-electron chi connectivity index (χ1n) is 10.1. The third kappa shape index (κ3) is 4.40. The Balaban J connectivity index is 1.61. The summed E-state index contributed by atoms with van der Waals surface area (Å²) >= 11 is 0. The fraction of sp³-hybridized carbons (Fsp3) is 0.208. The number of rotatable bonds is 6. The molecule has 31 heavy (non-hydrogen) atoms. The van der Waals surface area contributed by atoms with E-state index in [-0.39, 0.29) is 6.61 Å². The lowest BCUT2D eigenvalue weighted by Crippen LogP contribution is -2.20. The standard InChI is InChI=1S/C24H23FN4O2/c1-4-17-12-22(31-14-21(30)26-19-7-5-6-18(25)13-19)27-24-23(17)16(3)28-29(24)20-10-8-15(2)9-11-20/h5-13H,4,14H2,1-3H3,(H,26,30). The number of carbonyl (C=O) groups excluding carboxylic acids is 1. The van der Waals surface area contributed by atoms with Crippen LogP contribution in [0, 0.1) is 19.7 Å². The SMILES string of the molecule is CCc1cc(OCC(=O)Nc2cccc(F)c2)nc2c1c(C)nn2-c1ccc(C)cc1. The topological polar surface area (TPSA) is 69.0 Å². The van der Waals surface area contributed by atoms with Gasteiger partial charge in [-0.1, -0.05) is 30.7 Å². The number of nitrogens with zero attached hydrogens (tertiary/aromatic N) is 3. The number of aromatic nitrogens is 3. The van der Waals surface area contributed by atoms with Gasteiger partial charge < -0.3 is 10.1 Å². The molecule has 0 aliphatic rings. The summed E-state index contributed by atoms with van der Waals surface area (Å²) < 4.78 is 20.8. The molecule has 0 aliphatic heterocycles. The maximum atomic E-state index is 13.3. The molecule has 0 aliphatic carbocycles. The number of anilines is 1. The lowest BCUT2D eigenvalue weighted by Gasteiger charge is -2.10. The summed E-state index contributed by atoms with van der Waals surface area (Å²) in [4.78, 5) is 16.9. The van der Waals surface area contributed by atoms with E-state index in [4.69, 9.17) is 4.74 Å². The van der Waals surface area contributed by atoms with Gasteiger partial charge in [0.05, 0.1) is 11.4 Å². The van der Waals surface area contributed by atoms with Gasteiger partial charge in [0.15, 0.2) is 12.3 Å². The Hall–Kier alpha value is -3.74. The van der Waals surface area contributed by atoms with Crippen molar-refractivity contribution < 1.29 is 13.9 Å². The number of ether oxygens (including phenoxy) is 1. The quantitative estimate of drug-likeness (QED) is 0.490. The molecule has 1 amide bonds. The van der Waals surface area contributed by atoms with E-state index >= 15 is 0 Å².